The van der Waals surface area contributed by atoms with Crippen molar-refractivity contribution in [2.24, 2.45) is 0 Å². The van der Waals surface area contributed by atoms with Crippen molar-refractivity contribution < 1.29 is 27.0 Å². The fourth-order valence-corrected chi connectivity index (χ4v) is 5.11. The number of sulfone groups is 1. The Morgan fingerprint density at radius 3 is 2.56 bits per heavy atom. The average molecular weight is 486 g/mol. The molecule has 0 fully saturated rings. The third-order valence-corrected chi connectivity index (χ3v) is 7.06. The van der Waals surface area contributed by atoms with Gasteiger partial charge in [-0.3, -0.25) is 0 Å². The number of halogens is 2. The van der Waals surface area contributed by atoms with Crippen LogP contribution < -0.4 is 4.74 Å². The van der Waals surface area contributed by atoms with E-state index in [1.54, 1.807) is 37.3 Å². The van der Waals surface area contributed by atoms with Crippen LogP contribution >= 0.6 is 0 Å². The molecule has 2 unspecified atom stereocenters. The number of aliphatic hydroxyl groups is 1. The molecule has 1 N–H and O–H groups in total. The Morgan fingerprint density at radius 2 is 1.88 bits per heavy atom. The van der Waals surface area contributed by atoms with Crippen LogP contribution in [0.15, 0.2) is 66.0 Å². The molecule has 4 aromatic rings. The number of nitrogens with zero attached hydrogens (tertiary/aromatic N) is 3. The second kappa shape index (κ2) is 7.85. The number of rotatable bonds is 5. The first-order valence-electron chi connectivity index (χ1n) is 10.5. The summed E-state index contributed by atoms with van der Waals surface area (Å²) in [5.41, 5.74) is 2.48. The van der Waals surface area contributed by atoms with Crippen molar-refractivity contribution in [2.75, 3.05) is 6.26 Å². The van der Waals surface area contributed by atoms with Gasteiger partial charge in [0, 0.05) is 41.3 Å². The first-order valence-corrected chi connectivity index (χ1v) is 12.4. The number of ether oxygens (including phenoxy) is 1. The van der Waals surface area contributed by atoms with Crippen LogP contribution in [-0.4, -0.2) is 40.8 Å². The Bertz CT molecular complexity index is 1500. The Labute approximate surface area is 194 Å². The van der Waals surface area contributed by atoms with Gasteiger partial charge < -0.3 is 14.2 Å². The van der Waals surface area contributed by atoms with E-state index in [0.717, 1.165) is 11.8 Å². The number of imidazole rings is 1. The zero-order chi connectivity index (χ0) is 24.3. The van der Waals surface area contributed by atoms with Gasteiger partial charge in [0.25, 0.3) is 0 Å². The number of hydrogen-bond acceptors (Lipinski definition) is 6. The molecule has 0 aliphatic heterocycles. The van der Waals surface area contributed by atoms with E-state index in [0.29, 0.717) is 28.2 Å². The van der Waals surface area contributed by atoms with E-state index < -0.39 is 28.0 Å². The van der Waals surface area contributed by atoms with Gasteiger partial charge in [-0.05, 0) is 43.7 Å². The van der Waals surface area contributed by atoms with Crippen molar-refractivity contribution in [1.82, 2.24) is 14.4 Å². The molecular formula is C24H21F2N3O4S. The number of fused-ring (bicyclic) bond motifs is 3. The molecule has 3 aromatic heterocycles. The summed E-state index contributed by atoms with van der Waals surface area (Å²) in [5.74, 6) is -0.381. The van der Waals surface area contributed by atoms with Crippen LogP contribution in [-0.2, 0) is 15.4 Å². The summed E-state index contributed by atoms with van der Waals surface area (Å²) >= 11 is 0. The molecule has 1 aliphatic carbocycles. The van der Waals surface area contributed by atoms with Crippen molar-refractivity contribution in [2.45, 2.75) is 36.5 Å². The Balaban J connectivity index is 1.65. The topological polar surface area (TPSA) is 93.8 Å². The minimum atomic E-state index is -3.42. The van der Waals surface area contributed by atoms with E-state index in [1.165, 1.54) is 18.3 Å². The monoisotopic (exact) mass is 485 g/mol. The van der Waals surface area contributed by atoms with E-state index in [2.05, 4.69) is 9.97 Å². The van der Waals surface area contributed by atoms with Gasteiger partial charge in [0.15, 0.2) is 14.9 Å². The normalized spacial score (nSPS) is 20.1. The number of alkyl halides is 2. The molecule has 0 saturated carbocycles. The number of para-hydroxylation sites is 1. The van der Waals surface area contributed by atoms with E-state index in [9.17, 15) is 22.3 Å². The maximum atomic E-state index is 13.0. The second-order valence-corrected chi connectivity index (χ2v) is 10.6. The SMILES string of the molecule is CC1(O)CC(c2ccccc2OC(F)F)c2c1nc1ccc(-c3ccc(S(C)(=O)=O)nc3)cn21. The quantitative estimate of drug-likeness (QED) is 0.457. The molecule has 0 bridgehead atoms. The van der Waals surface area contributed by atoms with Crippen LogP contribution in [0, 0.1) is 0 Å². The Morgan fingerprint density at radius 1 is 1.15 bits per heavy atom. The van der Waals surface area contributed by atoms with Gasteiger partial charge in [0.05, 0.1) is 11.4 Å². The van der Waals surface area contributed by atoms with Gasteiger partial charge in [0.2, 0.25) is 0 Å². The fraction of sp³-hybridized carbons (Fsp3) is 0.250. The standard InChI is InChI=1S/C24H21F2N3O4S/c1-24(30)11-17(16-5-3-4-6-18(16)33-23(25)26)21-22(24)28-19-9-7-15(13-29(19)21)14-8-10-20(27-12-14)34(2,31)32/h3-10,12-13,17,23,30H,11H2,1-2H3. The predicted molar refractivity (Wildman–Crippen MR) is 121 cm³/mol. The van der Waals surface area contributed by atoms with Crippen molar-refractivity contribution in [3.8, 4) is 16.9 Å². The molecule has 0 saturated heterocycles. The molecule has 34 heavy (non-hydrogen) atoms. The third kappa shape index (κ3) is 3.82. The van der Waals surface area contributed by atoms with Crippen LogP contribution in [0.1, 0.15) is 36.2 Å². The van der Waals surface area contributed by atoms with Gasteiger partial charge in [-0.1, -0.05) is 18.2 Å². The molecule has 10 heteroatoms. The van der Waals surface area contributed by atoms with Gasteiger partial charge in [-0.25, -0.2) is 18.4 Å². The van der Waals surface area contributed by atoms with Crippen LogP contribution in [0.4, 0.5) is 8.78 Å². The molecule has 176 valence electrons. The Hall–Kier alpha value is -3.37. The lowest BCUT2D eigenvalue weighted by Gasteiger charge is -2.20. The van der Waals surface area contributed by atoms with E-state index in [-0.39, 0.29) is 17.2 Å². The highest BCUT2D eigenvalue weighted by atomic mass is 32.2. The lowest BCUT2D eigenvalue weighted by atomic mass is 9.93. The number of benzene rings is 1. The molecule has 5 rings (SSSR count). The summed E-state index contributed by atoms with van der Waals surface area (Å²) in [5, 5.41) is 11.1. The zero-order valence-corrected chi connectivity index (χ0v) is 19.1. The minimum Gasteiger partial charge on any atom is -0.435 e. The van der Waals surface area contributed by atoms with Crippen molar-refractivity contribution >= 4 is 15.5 Å². The van der Waals surface area contributed by atoms with E-state index in [1.807, 2.05) is 16.7 Å². The maximum Gasteiger partial charge on any atom is 0.387 e. The molecule has 7 nitrogen and oxygen atoms in total. The predicted octanol–water partition coefficient (Wildman–Crippen LogP) is 4.14. The molecule has 0 spiro atoms. The maximum absolute atomic E-state index is 13.0. The highest BCUT2D eigenvalue weighted by molar-refractivity contribution is 7.90. The molecule has 2 atom stereocenters. The van der Waals surface area contributed by atoms with Crippen LogP contribution in [0.2, 0.25) is 0 Å². The third-order valence-electron chi connectivity index (χ3n) is 6.06. The summed E-state index contributed by atoms with van der Waals surface area (Å²) in [6, 6.07) is 13.3. The summed E-state index contributed by atoms with van der Waals surface area (Å²) in [6.07, 6.45) is 4.65. The lowest BCUT2D eigenvalue weighted by molar-refractivity contribution is -0.0506. The highest BCUT2D eigenvalue weighted by Gasteiger charge is 2.44. The Kier molecular flexibility index (Phi) is 5.18. The van der Waals surface area contributed by atoms with Gasteiger partial charge in [-0.2, -0.15) is 8.78 Å². The van der Waals surface area contributed by atoms with Crippen molar-refractivity contribution in [1.29, 1.82) is 0 Å². The van der Waals surface area contributed by atoms with Crippen LogP contribution in [0.5, 0.6) is 5.75 Å². The van der Waals surface area contributed by atoms with Gasteiger partial charge >= 0.3 is 6.61 Å². The summed E-state index contributed by atoms with van der Waals surface area (Å²) in [4.78, 5) is 8.67. The summed E-state index contributed by atoms with van der Waals surface area (Å²) < 4.78 is 56.1. The lowest BCUT2D eigenvalue weighted by Crippen LogP contribution is -2.18. The van der Waals surface area contributed by atoms with Crippen molar-refractivity contribution in [3.63, 3.8) is 0 Å². The van der Waals surface area contributed by atoms with Crippen LogP contribution in [0.25, 0.3) is 16.8 Å². The minimum absolute atomic E-state index is 0.0207. The molecule has 3 heterocycles. The van der Waals surface area contributed by atoms with E-state index in [4.69, 9.17) is 4.74 Å². The number of pyridine rings is 2. The number of hydrogen-bond donors (Lipinski definition) is 1. The van der Waals surface area contributed by atoms with Gasteiger partial charge in [-0.15, -0.1) is 0 Å². The fourth-order valence-electron chi connectivity index (χ4n) is 4.55. The molecule has 0 radical (unpaired) electrons. The largest absolute Gasteiger partial charge is 0.435 e. The first-order chi connectivity index (χ1) is 16.0. The molecule has 0 amide bonds. The molecule has 1 aromatic carbocycles. The van der Waals surface area contributed by atoms with Crippen LogP contribution in [0.3, 0.4) is 0 Å². The van der Waals surface area contributed by atoms with E-state index >= 15 is 0 Å². The number of aromatic nitrogens is 3. The smallest absolute Gasteiger partial charge is 0.387 e. The van der Waals surface area contributed by atoms with Gasteiger partial charge in [0.1, 0.15) is 17.0 Å². The highest BCUT2D eigenvalue weighted by Crippen LogP contribution is 2.49. The molecule has 1 aliphatic rings. The zero-order valence-electron chi connectivity index (χ0n) is 18.3. The molecular weight excluding hydrogens is 464 g/mol. The summed E-state index contributed by atoms with van der Waals surface area (Å²) in [7, 11) is -3.42. The van der Waals surface area contributed by atoms with Crippen molar-refractivity contribution in [3.05, 3.63) is 77.9 Å². The average Bonchev–Trinajstić information content (AvgIpc) is 3.28. The summed E-state index contributed by atoms with van der Waals surface area (Å²) in [6.45, 7) is -1.32. The first kappa shape index (κ1) is 22.4. The second-order valence-electron chi connectivity index (χ2n) is 8.60.